The third-order valence-electron chi connectivity index (χ3n) is 1.87. The Kier molecular flexibility index (Phi) is 2.86. The molecule has 0 aliphatic carbocycles. The lowest BCUT2D eigenvalue weighted by Crippen LogP contribution is -2.07. The van der Waals surface area contributed by atoms with Crippen molar-refractivity contribution in [2.45, 2.75) is 6.92 Å². The molecule has 0 aromatic heterocycles. The number of nitrogens with two attached hydrogens (primary N) is 1. The van der Waals surface area contributed by atoms with Crippen LogP contribution in [0, 0.1) is 0 Å². The molecular weight excluding hydrogens is 182 g/mol. The standard InChI is InChI=1S/C10H11NO3/c1-6(12)7-3-4-9(11)8(5-7)10(13)14-2/h3-5H,11H2,1-2H3. The molecule has 4 nitrogen and oxygen atoms in total. The molecule has 0 radical (unpaired) electrons. The molecule has 0 unspecified atom stereocenters. The van der Waals surface area contributed by atoms with E-state index in [2.05, 4.69) is 4.74 Å². The zero-order valence-corrected chi connectivity index (χ0v) is 8.03. The third-order valence-corrected chi connectivity index (χ3v) is 1.87. The molecule has 0 amide bonds. The summed E-state index contributed by atoms with van der Waals surface area (Å²) in [5.74, 6) is -0.652. The van der Waals surface area contributed by atoms with Gasteiger partial charge in [0.2, 0.25) is 0 Å². The number of methoxy groups -OCH3 is 1. The average molecular weight is 193 g/mol. The lowest BCUT2D eigenvalue weighted by molar-refractivity contribution is 0.0602. The Morgan fingerprint density at radius 2 is 2.00 bits per heavy atom. The highest BCUT2D eigenvalue weighted by atomic mass is 16.5. The number of carbonyl (C=O) groups excluding carboxylic acids is 2. The molecule has 14 heavy (non-hydrogen) atoms. The first-order chi connectivity index (χ1) is 6.56. The minimum atomic E-state index is -0.536. The van der Waals surface area contributed by atoms with Gasteiger partial charge in [0.15, 0.2) is 5.78 Å². The third kappa shape index (κ3) is 1.90. The molecule has 1 aromatic rings. The minimum Gasteiger partial charge on any atom is -0.465 e. The normalized spacial score (nSPS) is 9.57. The van der Waals surface area contributed by atoms with Crippen LogP contribution in [0.15, 0.2) is 18.2 Å². The van der Waals surface area contributed by atoms with Crippen molar-refractivity contribution in [3.8, 4) is 0 Å². The summed E-state index contributed by atoms with van der Waals surface area (Å²) in [6, 6.07) is 4.52. The van der Waals surface area contributed by atoms with Gasteiger partial charge in [-0.3, -0.25) is 4.79 Å². The number of ether oxygens (including phenoxy) is 1. The van der Waals surface area contributed by atoms with Crippen molar-refractivity contribution >= 4 is 17.4 Å². The monoisotopic (exact) mass is 193 g/mol. The van der Waals surface area contributed by atoms with Crippen LogP contribution in [0.3, 0.4) is 0 Å². The SMILES string of the molecule is COC(=O)c1cc(C(C)=O)ccc1N. The van der Waals surface area contributed by atoms with E-state index in [1.807, 2.05) is 0 Å². The van der Waals surface area contributed by atoms with Crippen LogP contribution in [0.2, 0.25) is 0 Å². The largest absolute Gasteiger partial charge is 0.465 e. The highest BCUT2D eigenvalue weighted by Crippen LogP contribution is 2.15. The van der Waals surface area contributed by atoms with E-state index in [0.717, 1.165) is 0 Å². The summed E-state index contributed by atoms with van der Waals surface area (Å²) in [6.07, 6.45) is 0. The Morgan fingerprint density at radius 1 is 1.36 bits per heavy atom. The van der Waals surface area contributed by atoms with Gasteiger partial charge in [0, 0.05) is 11.3 Å². The van der Waals surface area contributed by atoms with Crippen molar-refractivity contribution in [2.75, 3.05) is 12.8 Å². The molecule has 74 valence electrons. The first-order valence-electron chi connectivity index (χ1n) is 4.05. The Hall–Kier alpha value is -1.84. The second-order valence-electron chi connectivity index (χ2n) is 2.85. The molecule has 4 heteroatoms. The summed E-state index contributed by atoms with van der Waals surface area (Å²) in [7, 11) is 1.27. The summed E-state index contributed by atoms with van der Waals surface area (Å²) in [4.78, 5) is 22.2. The van der Waals surface area contributed by atoms with Crippen molar-refractivity contribution in [1.82, 2.24) is 0 Å². The van der Waals surface area contributed by atoms with E-state index in [1.165, 1.54) is 26.2 Å². The maximum absolute atomic E-state index is 11.2. The van der Waals surface area contributed by atoms with Gasteiger partial charge in [0.25, 0.3) is 0 Å². The fourth-order valence-corrected chi connectivity index (χ4v) is 1.06. The molecule has 0 heterocycles. The van der Waals surface area contributed by atoms with Crippen LogP contribution in [-0.2, 0) is 4.74 Å². The van der Waals surface area contributed by atoms with Crippen LogP contribution in [0.25, 0.3) is 0 Å². The van der Waals surface area contributed by atoms with Gasteiger partial charge in [0.05, 0.1) is 12.7 Å². The first-order valence-corrected chi connectivity index (χ1v) is 4.05. The zero-order valence-electron chi connectivity index (χ0n) is 8.03. The van der Waals surface area contributed by atoms with E-state index in [-0.39, 0.29) is 11.3 Å². The van der Waals surface area contributed by atoms with Gasteiger partial charge in [0.1, 0.15) is 0 Å². The molecule has 0 aliphatic rings. The molecule has 0 aliphatic heterocycles. The topological polar surface area (TPSA) is 69.4 Å². The summed E-state index contributed by atoms with van der Waals surface area (Å²) in [5, 5.41) is 0. The molecule has 0 atom stereocenters. The lowest BCUT2D eigenvalue weighted by atomic mass is 10.1. The van der Waals surface area contributed by atoms with Gasteiger partial charge in [-0.25, -0.2) is 4.79 Å². The number of nitrogen functional groups attached to an aromatic ring is 1. The van der Waals surface area contributed by atoms with Crippen LogP contribution in [0.1, 0.15) is 27.6 Å². The lowest BCUT2D eigenvalue weighted by Gasteiger charge is -2.04. The number of Topliss-reactive ketones (excluding diaryl/α,β-unsaturated/α-hetero) is 1. The highest BCUT2D eigenvalue weighted by Gasteiger charge is 2.11. The van der Waals surface area contributed by atoms with Crippen molar-refractivity contribution in [3.05, 3.63) is 29.3 Å². The van der Waals surface area contributed by atoms with Crippen LogP contribution in [0.5, 0.6) is 0 Å². The molecule has 0 saturated carbocycles. The van der Waals surface area contributed by atoms with E-state index in [0.29, 0.717) is 11.3 Å². The van der Waals surface area contributed by atoms with Crippen molar-refractivity contribution in [2.24, 2.45) is 0 Å². The van der Waals surface area contributed by atoms with Gasteiger partial charge in [-0.05, 0) is 25.1 Å². The predicted octanol–water partition coefficient (Wildman–Crippen LogP) is 1.26. The first kappa shape index (κ1) is 10.2. The van der Waals surface area contributed by atoms with E-state index in [1.54, 1.807) is 6.07 Å². The molecule has 0 fully saturated rings. The second kappa shape index (κ2) is 3.91. The average Bonchev–Trinajstić information content (AvgIpc) is 2.17. The fraction of sp³-hybridized carbons (Fsp3) is 0.200. The Bertz CT molecular complexity index is 385. The van der Waals surface area contributed by atoms with Crippen LogP contribution >= 0.6 is 0 Å². The van der Waals surface area contributed by atoms with Crippen molar-refractivity contribution in [3.63, 3.8) is 0 Å². The second-order valence-corrected chi connectivity index (χ2v) is 2.85. The van der Waals surface area contributed by atoms with Gasteiger partial charge < -0.3 is 10.5 Å². The number of carbonyl (C=O) groups is 2. The van der Waals surface area contributed by atoms with E-state index in [4.69, 9.17) is 5.73 Å². The molecular formula is C10H11NO3. The quantitative estimate of drug-likeness (QED) is 0.436. The summed E-state index contributed by atoms with van der Waals surface area (Å²) < 4.78 is 4.52. The molecule has 0 spiro atoms. The number of hydrogen-bond acceptors (Lipinski definition) is 4. The number of rotatable bonds is 2. The summed E-state index contributed by atoms with van der Waals surface area (Å²) >= 11 is 0. The highest BCUT2D eigenvalue weighted by molar-refractivity contribution is 6.00. The van der Waals surface area contributed by atoms with Gasteiger partial charge in [-0.15, -0.1) is 0 Å². The number of esters is 1. The Morgan fingerprint density at radius 3 is 2.50 bits per heavy atom. The fourth-order valence-electron chi connectivity index (χ4n) is 1.06. The van der Waals surface area contributed by atoms with Gasteiger partial charge in [-0.1, -0.05) is 0 Å². The predicted molar refractivity (Wildman–Crippen MR) is 52.2 cm³/mol. The smallest absolute Gasteiger partial charge is 0.339 e. The molecule has 1 aromatic carbocycles. The van der Waals surface area contributed by atoms with Crippen molar-refractivity contribution < 1.29 is 14.3 Å². The number of anilines is 1. The minimum absolute atomic E-state index is 0.116. The zero-order chi connectivity index (χ0) is 10.7. The van der Waals surface area contributed by atoms with Crippen LogP contribution in [-0.4, -0.2) is 18.9 Å². The number of hydrogen-bond donors (Lipinski definition) is 1. The van der Waals surface area contributed by atoms with Crippen molar-refractivity contribution in [1.29, 1.82) is 0 Å². The van der Waals surface area contributed by atoms with E-state index in [9.17, 15) is 9.59 Å². The van der Waals surface area contributed by atoms with E-state index >= 15 is 0 Å². The van der Waals surface area contributed by atoms with Gasteiger partial charge in [-0.2, -0.15) is 0 Å². The molecule has 0 bridgehead atoms. The van der Waals surface area contributed by atoms with Gasteiger partial charge >= 0.3 is 5.97 Å². The molecule has 0 saturated heterocycles. The van der Waals surface area contributed by atoms with Crippen LogP contribution < -0.4 is 5.73 Å². The maximum atomic E-state index is 11.2. The van der Waals surface area contributed by atoms with Crippen LogP contribution in [0.4, 0.5) is 5.69 Å². The Balaban J connectivity index is 3.21. The molecule has 1 rings (SSSR count). The number of benzene rings is 1. The summed E-state index contributed by atoms with van der Waals surface area (Å²) in [5.41, 5.74) is 6.53. The Labute approximate surface area is 81.7 Å². The molecule has 2 N–H and O–H groups in total. The maximum Gasteiger partial charge on any atom is 0.339 e. The number of ketones is 1. The van der Waals surface area contributed by atoms with E-state index < -0.39 is 5.97 Å². The summed E-state index contributed by atoms with van der Waals surface area (Å²) in [6.45, 7) is 1.42.